The highest BCUT2D eigenvalue weighted by molar-refractivity contribution is 5.79. The Bertz CT molecular complexity index is 347. The van der Waals surface area contributed by atoms with Gasteiger partial charge in [-0.25, -0.2) is 0 Å². The normalized spacial score (nSPS) is 12.1. The van der Waals surface area contributed by atoms with Crippen LogP contribution in [0.3, 0.4) is 0 Å². The van der Waals surface area contributed by atoms with Crippen molar-refractivity contribution in [3.63, 3.8) is 0 Å². The minimum Gasteiger partial charge on any atom is -0.508 e. The van der Waals surface area contributed by atoms with Gasteiger partial charge in [-0.1, -0.05) is 31.5 Å². The van der Waals surface area contributed by atoms with E-state index in [1.807, 2.05) is 13.0 Å². The first-order valence-corrected chi connectivity index (χ1v) is 5.65. The second-order valence-corrected chi connectivity index (χ2v) is 3.65. The number of phenolic OH excluding ortho intramolecular Hbond substituents is 1. The Labute approximate surface area is 96.1 Å². The molecule has 3 heteroatoms. The maximum atomic E-state index is 11.8. The van der Waals surface area contributed by atoms with E-state index >= 15 is 0 Å². The molecule has 0 aromatic heterocycles. The first-order chi connectivity index (χ1) is 7.70. The molecule has 1 N–H and O–H groups in total. The molecule has 0 fully saturated rings. The van der Waals surface area contributed by atoms with E-state index in [9.17, 15) is 9.90 Å². The van der Waals surface area contributed by atoms with E-state index in [1.54, 1.807) is 25.1 Å². The second kappa shape index (κ2) is 6.16. The van der Waals surface area contributed by atoms with E-state index in [-0.39, 0.29) is 17.6 Å². The molecule has 0 heterocycles. The summed E-state index contributed by atoms with van der Waals surface area (Å²) in [7, 11) is 0. The largest absolute Gasteiger partial charge is 0.508 e. The Kier molecular flexibility index (Phi) is 4.83. The first-order valence-electron chi connectivity index (χ1n) is 5.65. The monoisotopic (exact) mass is 222 g/mol. The van der Waals surface area contributed by atoms with Gasteiger partial charge in [0, 0.05) is 5.56 Å². The smallest absolute Gasteiger partial charge is 0.313 e. The third-order valence-corrected chi connectivity index (χ3v) is 2.46. The van der Waals surface area contributed by atoms with Crippen LogP contribution in [0.15, 0.2) is 24.3 Å². The van der Waals surface area contributed by atoms with E-state index < -0.39 is 0 Å². The van der Waals surface area contributed by atoms with Gasteiger partial charge in [-0.15, -0.1) is 0 Å². The molecule has 0 saturated carbocycles. The molecule has 0 amide bonds. The summed E-state index contributed by atoms with van der Waals surface area (Å²) in [4.78, 5) is 11.8. The van der Waals surface area contributed by atoms with Crippen molar-refractivity contribution in [1.82, 2.24) is 0 Å². The Morgan fingerprint density at radius 2 is 2.06 bits per heavy atom. The fourth-order valence-electron chi connectivity index (χ4n) is 1.71. The molecule has 88 valence electrons. The van der Waals surface area contributed by atoms with Crippen LogP contribution in [0.4, 0.5) is 0 Å². The number of carbonyl (C=O) groups is 1. The van der Waals surface area contributed by atoms with E-state index in [1.165, 1.54) is 0 Å². The average molecular weight is 222 g/mol. The molecule has 1 aromatic rings. The number of para-hydroxylation sites is 1. The number of hydrogen-bond acceptors (Lipinski definition) is 3. The molecule has 1 rings (SSSR count). The summed E-state index contributed by atoms with van der Waals surface area (Å²) in [5.41, 5.74) is 0.655. The fraction of sp³-hybridized carbons (Fsp3) is 0.462. The zero-order chi connectivity index (χ0) is 12.0. The number of ether oxygens (including phenoxy) is 1. The summed E-state index contributed by atoms with van der Waals surface area (Å²) in [6, 6.07) is 6.92. The van der Waals surface area contributed by atoms with Gasteiger partial charge in [-0.3, -0.25) is 4.79 Å². The van der Waals surface area contributed by atoms with Crippen molar-refractivity contribution in [3.05, 3.63) is 29.8 Å². The molecule has 0 aliphatic rings. The van der Waals surface area contributed by atoms with Crippen LogP contribution in [0.1, 0.15) is 38.2 Å². The second-order valence-electron chi connectivity index (χ2n) is 3.65. The lowest BCUT2D eigenvalue weighted by atomic mass is 9.94. The van der Waals surface area contributed by atoms with Crippen LogP contribution < -0.4 is 0 Å². The molecule has 16 heavy (non-hydrogen) atoms. The lowest BCUT2D eigenvalue weighted by Gasteiger charge is -2.16. The fourth-order valence-corrected chi connectivity index (χ4v) is 1.71. The number of esters is 1. The standard InChI is InChI=1S/C13H18O3/c1-3-7-11(13(15)16-4-2)10-8-5-6-9-12(10)14/h5-6,8-9,11,14H,3-4,7H2,1-2H3. The Morgan fingerprint density at radius 1 is 1.38 bits per heavy atom. The van der Waals surface area contributed by atoms with Gasteiger partial charge >= 0.3 is 5.97 Å². The van der Waals surface area contributed by atoms with Gasteiger partial charge < -0.3 is 9.84 Å². The molecular formula is C13H18O3. The molecule has 0 aliphatic carbocycles. The van der Waals surface area contributed by atoms with Crippen LogP contribution in [-0.4, -0.2) is 17.7 Å². The van der Waals surface area contributed by atoms with Crippen LogP contribution in [-0.2, 0) is 9.53 Å². The van der Waals surface area contributed by atoms with Gasteiger partial charge in [0.15, 0.2) is 0 Å². The molecule has 1 aromatic carbocycles. The average Bonchev–Trinajstić information content (AvgIpc) is 2.27. The maximum absolute atomic E-state index is 11.8. The van der Waals surface area contributed by atoms with Gasteiger partial charge in [0.05, 0.1) is 12.5 Å². The molecule has 3 nitrogen and oxygen atoms in total. The predicted molar refractivity (Wildman–Crippen MR) is 62.4 cm³/mol. The maximum Gasteiger partial charge on any atom is 0.313 e. The highest BCUT2D eigenvalue weighted by atomic mass is 16.5. The first kappa shape index (κ1) is 12.6. The van der Waals surface area contributed by atoms with Crippen molar-refractivity contribution in [2.75, 3.05) is 6.61 Å². The summed E-state index contributed by atoms with van der Waals surface area (Å²) < 4.78 is 5.02. The molecule has 0 radical (unpaired) electrons. The van der Waals surface area contributed by atoms with Gasteiger partial charge in [-0.2, -0.15) is 0 Å². The minimum absolute atomic E-state index is 0.161. The molecule has 0 aliphatic heterocycles. The molecule has 0 bridgehead atoms. The zero-order valence-electron chi connectivity index (χ0n) is 9.77. The lowest BCUT2D eigenvalue weighted by Crippen LogP contribution is -2.16. The van der Waals surface area contributed by atoms with Gasteiger partial charge in [0.25, 0.3) is 0 Å². The van der Waals surface area contributed by atoms with Crippen LogP contribution in [0, 0.1) is 0 Å². The molecule has 0 spiro atoms. The minimum atomic E-state index is -0.355. The molecule has 0 saturated heterocycles. The Morgan fingerprint density at radius 3 is 2.62 bits per heavy atom. The SMILES string of the molecule is CCCC(C(=O)OCC)c1ccccc1O. The van der Waals surface area contributed by atoms with E-state index in [0.717, 1.165) is 6.42 Å². The number of rotatable bonds is 5. The van der Waals surface area contributed by atoms with Crippen molar-refractivity contribution in [1.29, 1.82) is 0 Å². The third-order valence-electron chi connectivity index (χ3n) is 2.46. The summed E-state index contributed by atoms with van der Waals surface area (Å²) >= 11 is 0. The van der Waals surface area contributed by atoms with Crippen LogP contribution in [0.25, 0.3) is 0 Å². The number of benzene rings is 1. The quantitative estimate of drug-likeness (QED) is 0.779. The van der Waals surface area contributed by atoms with E-state index in [2.05, 4.69) is 0 Å². The van der Waals surface area contributed by atoms with Crippen LogP contribution in [0.2, 0.25) is 0 Å². The van der Waals surface area contributed by atoms with E-state index in [4.69, 9.17) is 4.74 Å². The van der Waals surface area contributed by atoms with Crippen molar-refractivity contribution in [2.45, 2.75) is 32.6 Å². The van der Waals surface area contributed by atoms with Crippen LogP contribution in [0.5, 0.6) is 5.75 Å². The lowest BCUT2D eigenvalue weighted by molar-refractivity contribution is -0.145. The summed E-state index contributed by atoms with van der Waals surface area (Å²) in [6.07, 6.45) is 1.56. The number of carbonyl (C=O) groups excluding carboxylic acids is 1. The van der Waals surface area contributed by atoms with Crippen molar-refractivity contribution < 1.29 is 14.6 Å². The number of aromatic hydroxyl groups is 1. The number of hydrogen-bond donors (Lipinski definition) is 1. The highest BCUT2D eigenvalue weighted by Crippen LogP contribution is 2.29. The van der Waals surface area contributed by atoms with Gasteiger partial charge in [0.1, 0.15) is 5.75 Å². The number of phenols is 1. The topological polar surface area (TPSA) is 46.5 Å². The highest BCUT2D eigenvalue weighted by Gasteiger charge is 2.23. The van der Waals surface area contributed by atoms with E-state index in [0.29, 0.717) is 18.6 Å². The van der Waals surface area contributed by atoms with Gasteiger partial charge in [0.2, 0.25) is 0 Å². The van der Waals surface area contributed by atoms with Gasteiger partial charge in [-0.05, 0) is 19.4 Å². The third kappa shape index (κ3) is 2.99. The molecular weight excluding hydrogens is 204 g/mol. The summed E-state index contributed by atoms with van der Waals surface area (Å²) in [5, 5.41) is 9.72. The van der Waals surface area contributed by atoms with Crippen LogP contribution >= 0.6 is 0 Å². The summed E-state index contributed by atoms with van der Waals surface area (Å²) in [5.74, 6) is -0.453. The molecule has 1 unspecified atom stereocenters. The Hall–Kier alpha value is -1.51. The van der Waals surface area contributed by atoms with Crippen molar-refractivity contribution in [2.24, 2.45) is 0 Å². The van der Waals surface area contributed by atoms with Crippen molar-refractivity contribution >= 4 is 5.97 Å². The Balaban J connectivity index is 2.93. The zero-order valence-corrected chi connectivity index (χ0v) is 9.77. The van der Waals surface area contributed by atoms with Crippen molar-refractivity contribution in [3.8, 4) is 5.75 Å². The summed E-state index contributed by atoms with van der Waals surface area (Å²) in [6.45, 7) is 4.16. The predicted octanol–water partition coefficient (Wildman–Crippen LogP) is 2.84. The molecule has 1 atom stereocenters.